The summed E-state index contributed by atoms with van der Waals surface area (Å²) < 4.78 is 28.5. The predicted octanol–water partition coefficient (Wildman–Crippen LogP) is 5.15. The number of sulfonamides is 1. The van der Waals surface area contributed by atoms with Gasteiger partial charge >= 0.3 is 0 Å². The minimum Gasteiger partial charge on any atom is -0.339 e. The van der Waals surface area contributed by atoms with Crippen LogP contribution < -0.4 is 9.62 Å². The van der Waals surface area contributed by atoms with Crippen LogP contribution >= 0.6 is 0 Å². The van der Waals surface area contributed by atoms with E-state index in [1.54, 1.807) is 54.6 Å². The summed E-state index contributed by atoms with van der Waals surface area (Å²) >= 11 is 0. The standard InChI is InChI=1S/C29H33N3O4S/c1-22-13-12-18-27(23(22)2)32(37(35,36)24-14-6-5-7-15-24)21-28(33)30-26-17-9-8-16-25(26)29(34)31-19-10-3-4-11-20-31/h5-9,12-18H,3-4,10-11,19-21H2,1-2H3,(H,30,33). The summed E-state index contributed by atoms with van der Waals surface area (Å²) in [6, 6.07) is 20.3. The molecule has 1 aliphatic rings. The number of rotatable bonds is 7. The van der Waals surface area contributed by atoms with Crippen molar-refractivity contribution in [2.24, 2.45) is 0 Å². The minimum atomic E-state index is -4.03. The first-order chi connectivity index (χ1) is 17.8. The number of hydrogen-bond donors (Lipinski definition) is 1. The molecule has 0 atom stereocenters. The Morgan fingerprint density at radius 1 is 0.838 bits per heavy atom. The van der Waals surface area contributed by atoms with Gasteiger partial charge < -0.3 is 10.2 Å². The van der Waals surface area contributed by atoms with E-state index in [2.05, 4.69) is 5.32 Å². The van der Waals surface area contributed by atoms with Gasteiger partial charge in [0.25, 0.3) is 15.9 Å². The van der Waals surface area contributed by atoms with Gasteiger partial charge in [0, 0.05) is 13.1 Å². The number of likely N-dealkylation sites (tertiary alicyclic amines) is 1. The number of nitrogens with one attached hydrogen (secondary N) is 1. The van der Waals surface area contributed by atoms with Crippen molar-refractivity contribution in [1.29, 1.82) is 0 Å². The van der Waals surface area contributed by atoms with E-state index >= 15 is 0 Å². The van der Waals surface area contributed by atoms with E-state index in [9.17, 15) is 18.0 Å². The van der Waals surface area contributed by atoms with Gasteiger partial charge in [0.15, 0.2) is 0 Å². The van der Waals surface area contributed by atoms with Crippen molar-refractivity contribution < 1.29 is 18.0 Å². The monoisotopic (exact) mass is 519 g/mol. The van der Waals surface area contributed by atoms with E-state index in [0.29, 0.717) is 30.0 Å². The van der Waals surface area contributed by atoms with Gasteiger partial charge in [-0.3, -0.25) is 13.9 Å². The van der Waals surface area contributed by atoms with Crippen LogP contribution in [0, 0.1) is 13.8 Å². The molecule has 1 N–H and O–H groups in total. The van der Waals surface area contributed by atoms with Crippen LogP contribution in [0.1, 0.15) is 47.2 Å². The van der Waals surface area contributed by atoms with Gasteiger partial charge in [-0.2, -0.15) is 0 Å². The Hall–Kier alpha value is -3.65. The fourth-order valence-corrected chi connectivity index (χ4v) is 6.07. The van der Waals surface area contributed by atoms with E-state index in [0.717, 1.165) is 41.1 Å². The molecule has 1 heterocycles. The van der Waals surface area contributed by atoms with E-state index < -0.39 is 22.5 Å². The summed E-state index contributed by atoms with van der Waals surface area (Å²) in [5, 5.41) is 2.81. The largest absolute Gasteiger partial charge is 0.339 e. The molecule has 0 spiro atoms. The van der Waals surface area contributed by atoms with Crippen molar-refractivity contribution in [2.75, 3.05) is 29.3 Å². The molecule has 1 saturated heterocycles. The van der Waals surface area contributed by atoms with Crippen LogP contribution in [-0.4, -0.2) is 44.8 Å². The summed E-state index contributed by atoms with van der Waals surface area (Å²) in [5.74, 6) is -0.655. The number of nitrogens with zero attached hydrogens (tertiary/aromatic N) is 2. The van der Waals surface area contributed by atoms with E-state index in [-0.39, 0.29) is 10.8 Å². The molecular weight excluding hydrogens is 486 g/mol. The highest BCUT2D eigenvalue weighted by Crippen LogP contribution is 2.29. The Labute approximate surface area is 219 Å². The molecule has 3 aromatic rings. The highest BCUT2D eigenvalue weighted by molar-refractivity contribution is 7.92. The Bertz CT molecular complexity index is 1360. The maximum atomic E-state index is 13.7. The van der Waals surface area contributed by atoms with Crippen molar-refractivity contribution >= 4 is 33.2 Å². The number of anilines is 2. The topological polar surface area (TPSA) is 86.8 Å². The number of para-hydroxylation sites is 1. The SMILES string of the molecule is Cc1cccc(N(CC(=O)Nc2ccccc2C(=O)N2CCCCCC2)S(=O)(=O)c2ccccc2)c1C. The molecule has 37 heavy (non-hydrogen) atoms. The van der Waals surface area contributed by atoms with Crippen LogP contribution in [0.3, 0.4) is 0 Å². The number of benzene rings is 3. The third kappa shape index (κ3) is 6.02. The van der Waals surface area contributed by atoms with Crippen LogP contribution in [0.2, 0.25) is 0 Å². The Morgan fingerprint density at radius 2 is 1.49 bits per heavy atom. The third-order valence-corrected chi connectivity index (χ3v) is 8.56. The first-order valence-corrected chi connectivity index (χ1v) is 14.0. The number of aryl methyl sites for hydroxylation is 1. The Morgan fingerprint density at radius 3 is 2.19 bits per heavy atom. The van der Waals surface area contributed by atoms with Gasteiger partial charge in [0.1, 0.15) is 6.54 Å². The first kappa shape index (κ1) is 26.4. The van der Waals surface area contributed by atoms with Crippen molar-refractivity contribution in [1.82, 2.24) is 4.90 Å². The zero-order valence-corrected chi connectivity index (χ0v) is 22.1. The normalized spacial score (nSPS) is 14.1. The molecule has 8 heteroatoms. The lowest BCUT2D eigenvalue weighted by Crippen LogP contribution is -2.39. The average Bonchev–Trinajstić information content (AvgIpc) is 3.19. The summed E-state index contributed by atoms with van der Waals surface area (Å²) in [5.41, 5.74) is 2.90. The molecule has 0 unspecified atom stereocenters. The molecule has 0 aromatic heterocycles. The minimum absolute atomic E-state index is 0.0976. The highest BCUT2D eigenvalue weighted by Gasteiger charge is 2.29. The Balaban J connectivity index is 1.63. The lowest BCUT2D eigenvalue weighted by Gasteiger charge is -2.26. The molecule has 0 bridgehead atoms. The molecule has 1 fully saturated rings. The van der Waals surface area contributed by atoms with Crippen molar-refractivity contribution in [2.45, 2.75) is 44.4 Å². The number of hydrogen-bond acceptors (Lipinski definition) is 4. The second-order valence-corrected chi connectivity index (χ2v) is 11.2. The fourth-order valence-electron chi connectivity index (χ4n) is 4.57. The molecule has 4 rings (SSSR count). The molecule has 0 saturated carbocycles. The number of amides is 2. The molecule has 7 nitrogen and oxygen atoms in total. The second kappa shape index (κ2) is 11.6. The Kier molecular flexibility index (Phi) is 8.28. The number of carbonyl (C=O) groups is 2. The van der Waals surface area contributed by atoms with Gasteiger partial charge in [-0.25, -0.2) is 8.42 Å². The zero-order chi connectivity index (χ0) is 26.4. The van der Waals surface area contributed by atoms with Gasteiger partial charge in [-0.1, -0.05) is 55.3 Å². The van der Waals surface area contributed by atoms with E-state index in [1.165, 1.54) is 12.1 Å². The smallest absolute Gasteiger partial charge is 0.264 e. The van der Waals surface area contributed by atoms with Gasteiger partial charge in [0.2, 0.25) is 5.91 Å². The van der Waals surface area contributed by atoms with Crippen LogP contribution in [0.15, 0.2) is 77.7 Å². The van der Waals surface area contributed by atoms with Gasteiger partial charge in [-0.15, -0.1) is 0 Å². The van der Waals surface area contributed by atoms with E-state index in [1.807, 2.05) is 24.8 Å². The quantitative estimate of drug-likeness (QED) is 0.468. The molecule has 194 valence electrons. The second-order valence-electron chi connectivity index (χ2n) is 9.34. The summed E-state index contributed by atoms with van der Waals surface area (Å²) in [7, 11) is -4.03. The van der Waals surface area contributed by atoms with Crippen molar-refractivity contribution in [3.8, 4) is 0 Å². The lowest BCUT2D eigenvalue weighted by molar-refractivity contribution is -0.114. The fraction of sp³-hybridized carbons (Fsp3) is 0.310. The highest BCUT2D eigenvalue weighted by atomic mass is 32.2. The molecular formula is C29H33N3O4S. The molecule has 0 radical (unpaired) electrons. The summed E-state index contributed by atoms with van der Waals surface area (Å²) in [6.45, 7) is 4.68. The van der Waals surface area contributed by atoms with Crippen LogP contribution in [0.5, 0.6) is 0 Å². The van der Waals surface area contributed by atoms with Gasteiger partial charge in [-0.05, 0) is 68.1 Å². The predicted molar refractivity (Wildman–Crippen MR) is 146 cm³/mol. The van der Waals surface area contributed by atoms with Gasteiger partial charge in [0.05, 0.1) is 21.8 Å². The van der Waals surface area contributed by atoms with Crippen LogP contribution in [0.25, 0.3) is 0 Å². The first-order valence-electron chi connectivity index (χ1n) is 12.6. The maximum Gasteiger partial charge on any atom is 0.264 e. The zero-order valence-electron chi connectivity index (χ0n) is 21.3. The molecule has 2 amide bonds. The number of carbonyl (C=O) groups excluding carboxylic acids is 2. The van der Waals surface area contributed by atoms with Crippen molar-refractivity contribution in [3.05, 3.63) is 89.5 Å². The molecule has 0 aliphatic carbocycles. The molecule has 1 aliphatic heterocycles. The third-order valence-electron chi connectivity index (χ3n) is 6.79. The van der Waals surface area contributed by atoms with Crippen LogP contribution in [-0.2, 0) is 14.8 Å². The van der Waals surface area contributed by atoms with Crippen molar-refractivity contribution in [3.63, 3.8) is 0 Å². The summed E-state index contributed by atoms with van der Waals surface area (Å²) in [6.07, 6.45) is 4.13. The molecule has 3 aromatic carbocycles. The average molecular weight is 520 g/mol. The van der Waals surface area contributed by atoms with E-state index in [4.69, 9.17) is 0 Å². The van der Waals surface area contributed by atoms with Crippen LogP contribution in [0.4, 0.5) is 11.4 Å². The summed E-state index contributed by atoms with van der Waals surface area (Å²) in [4.78, 5) is 28.6. The maximum absolute atomic E-state index is 13.7. The lowest BCUT2D eigenvalue weighted by atomic mass is 10.1.